The summed E-state index contributed by atoms with van der Waals surface area (Å²) in [5.41, 5.74) is 0. The Morgan fingerprint density at radius 1 is 0.362 bits per heavy atom. The van der Waals surface area contributed by atoms with Crippen LogP contribution in [0.3, 0.4) is 0 Å². The van der Waals surface area contributed by atoms with Crippen molar-refractivity contribution in [1.29, 1.82) is 0 Å². The molecule has 0 aliphatic carbocycles. The summed E-state index contributed by atoms with van der Waals surface area (Å²) >= 11 is 0. The molecule has 0 bridgehead atoms. The molecule has 1 unspecified atom stereocenters. The van der Waals surface area contributed by atoms with Gasteiger partial charge in [0.1, 0.15) is 13.2 Å². The molecule has 0 aromatic heterocycles. The second-order valence-electron chi connectivity index (χ2n) is 18.5. The number of esters is 3. The van der Waals surface area contributed by atoms with Crippen LogP contribution in [0.4, 0.5) is 0 Å². The van der Waals surface area contributed by atoms with E-state index in [0.29, 0.717) is 19.3 Å². The summed E-state index contributed by atoms with van der Waals surface area (Å²) in [7, 11) is 0. The fourth-order valence-electron chi connectivity index (χ4n) is 7.78. The number of ether oxygens (including phenoxy) is 3. The third-order valence-electron chi connectivity index (χ3n) is 12.1. The molecule has 0 aromatic carbocycles. The lowest BCUT2D eigenvalue weighted by molar-refractivity contribution is -0.167. The number of unbranched alkanes of at least 4 members (excludes halogenated alkanes) is 30. The number of hydrogen-bond acceptors (Lipinski definition) is 6. The normalized spacial score (nSPS) is 12.5. The molecular weight excluding hydrogens is 721 g/mol. The molecule has 0 saturated heterocycles. The second-order valence-corrected chi connectivity index (χ2v) is 18.5. The summed E-state index contributed by atoms with van der Waals surface area (Å²) in [6.45, 7) is 11.4. The number of carbonyl (C=O) groups is 3. The minimum absolute atomic E-state index is 0.0646. The van der Waals surface area contributed by atoms with Crippen LogP contribution in [-0.4, -0.2) is 37.2 Å². The van der Waals surface area contributed by atoms with Crippen molar-refractivity contribution in [2.45, 2.75) is 291 Å². The largest absolute Gasteiger partial charge is 0.462 e. The van der Waals surface area contributed by atoms with E-state index in [9.17, 15) is 14.4 Å². The van der Waals surface area contributed by atoms with Gasteiger partial charge in [0.25, 0.3) is 0 Å². The maximum absolute atomic E-state index is 12.6. The molecule has 2 atom stereocenters. The lowest BCUT2D eigenvalue weighted by Gasteiger charge is -2.18. The van der Waals surface area contributed by atoms with Crippen LogP contribution in [0.2, 0.25) is 0 Å². The van der Waals surface area contributed by atoms with Crippen molar-refractivity contribution >= 4 is 17.9 Å². The van der Waals surface area contributed by atoms with Gasteiger partial charge in [0.05, 0.1) is 0 Å². The summed E-state index contributed by atoms with van der Waals surface area (Å²) in [5, 5.41) is 0. The zero-order chi connectivity index (χ0) is 42.6. The van der Waals surface area contributed by atoms with Gasteiger partial charge in [-0.3, -0.25) is 14.4 Å². The lowest BCUT2D eigenvalue weighted by Crippen LogP contribution is -2.30. The molecule has 6 heteroatoms. The van der Waals surface area contributed by atoms with Gasteiger partial charge in [0.15, 0.2) is 6.10 Å². The Hall–Kier alpha value is -1.59. The Morgan fingerprint density at radius 2 is 0.655 bits per heavy atom. The van der Waals surface area contributed by atoms with Gasteiger partial charge in [-0.05, 0) is 31.1 Å². The van der Waals surface area contributed by atoms with Gasteiger partial charge < -0.3 is 14.2 Å². The summed E-state index contributed by atoms with van der Waals surface area (Å²) in [6.07, 6.45) is 45.4. The van der Waals surface area contributed by atoms with E-state index in [0.717, 1.165) is 69.6 Å². The van der Waals surface area contributed by atoms with Gasteiger partial charge in [-0.15, -0.1) is 0 Å². The molecule has 0 rings (SSSR count). The third kappa shape index (κ3) is 44.0. The Kier molecular flexibility index (Phi) is 43.7. The first kappa shape index (κ1) is 56.4. The Labute approximate surface area is 361 Å². The molecule has 344 valence electrons. The highest BCUT2D eigenvalue weighted by molar-refractivity contribution is 5.71. The maximum atomic E-state index is 12.6. The number of rotatable bonds is 46. The van der Waals surface area contributed by atoms with Gasteiger partial charge in [0, 0.05) is 19.3 Å². The second kappa shape index (κ2) is 44.9. The highest BCUT2D eigenvalue weighted by atomic mass is 16.6. The molecule has 0 heterocycles. The summed E-state index contributed by atoms with van der Waals surface area (Å²) in [6, 6.07) is 0. The molecule has 6 nitrogen and oxygen atoms in total. The van der Waals surface area contributed by atoms with Crippen molar-refractivity contribution in [3.05, 3.63) is 0 Å². The van der Waals surface area contributed by atoms with E-state index in [4.69, 9.17) is 14.2 Å². The minimum atomic E-state index is -0.760. The van der Waals surface area contributed by atoms with E-state index in [-0.39, 0.29) is 31.1 Å². The van der Waals surface area contributed by atoms with Crippen molar-refractivity contribution < 1.29 is 28.6 Å². The summed E-state index contributed by atoms with van der Waals surface area (Å²) < 4.78 is 16.7. The molecule has 0 fully saturated rings. The van der Waals surface area contributed by atoms with E-state index < -0.39 is 6.10 Å². The molecule has 0 aromatic rings. The van der Waals surface area contributed by atoms with E-state index in [1.54, 1.807) is 0 Å². The topological polar surface area (TPSA) is 78.9 Å². The van der Waals surface area contributed by atoms with Crippen molar-refractivity contribution in [3.8, 4) is 0 Å². The van der Waals surface area contributed by atoms with Gasteiger partial charge in [-0.25, -0.2) is 0 Å². The Morgan fingerprint density at radius 3 is 0.983 bits per heavy atom. The lowest BCUT2D eigenvalue weighted by atomic mass is 9.99. The molecule has 0 spiro atoms. The van der Waals surface area contributed by atoms with Crippen LogP contribution in [0.5, 0.6) is 0 Å². The Balaban J connectivity index is 4.11. The quantitative estimate of drug-likeness (QED) is 0.0346. The highest BCUT2D eigenvalue weighted by Crippen LogP contribution is 2.18. The molecule has 0 aliphatic rings. The van der Waals surface area contributed by atoms with Crippen LogP contribution >= 0.6 is 0 Å². The fourth-order valence-corrected chi connectivity index (χ4v) is 7.78. The van der Waals surface area contributed by atoms with Gasteiger partial charge in [0.2, 0.25) is 0 Å². The van der Waals surface area contributed by atoms with Crippen molar-refractivity contribution in [2.24, 2.45) is 11.8 Å². The van der Waals surface area contributed by atoms with Crippen LogP contribution in [0.1, 0.15) is 285 Å². The van der Waals surface area contributed by atoms with Gasteiger partial charge in [-0.1, -0.05) is 247 Å². The van der Waals surface area contributed by atoms with E-state index in [2.05, 4.69) is 34.6 Å². The first-order valence-corrected chi connectivity index (χ1v) is 25.8. The molecule has 0 radical (unpaired) electrons. The van der Waals surface area contributed by atoms with E-state index in [1.165, 1.54) is 173 Å². The van der Waals surface area contributed by atoms with Crippen LogP contribution in [-0.2, 0) is 28.6 Å². The first-order valence-electron chi connectivity index (χ1n) is 25.8. The van der Waals surface area contributed by atoms with Gasteiger partial charge in [-0.2, -0.15) is 0 Å². The number of carbonyl (C=O) groups excluding carboxylic acids is 3. The maximum Gasteiger partial charge on any atom is 0.306 e. The standard InChI is InChI=1S/C52H100O6/c1-6-8-9-10-25-34-39-44-52(55)58-49(46-57-51(54)43-38-33-29-24-23-27-31-36-41-48(5)7-2)45-56-50(53)42-37-32-28-22-20-18-16-14-12-11-13-15-17-19-21-26-30-35-40-47(3)4/h47-49H,6-46H2,1-5H3/t48?,49-/m1/s1. The van der Waals surface area contributed by atoms with Gasteiger partial charge >= 0.3 is 17.9 Å². The average molecular weight is 821 g/mol. The molecule has 58 heavy (non-hydrogen) atoms. The van der Waals surface area contributed by atoms with Crippen LogP contribution in [0.25, 0.3) is 0 Å². The monoisotopic (exact) mass is 821 g/mol. The smallest absolute Gasteiger partial charge is 0.306 e. The molecule has 0 N–H and O–H groups in total. The molecule has 0 saturated carbocycles. The van der Waals surface area contributed by atoms with Crippen molar-refractivity contribution in [1.82, 2.24) is 0 Å². The summed E-state index contributed by atoms with van der Waals surface area (Å²) in [4.78, 5) is 37.7. The number of hydrogen-bond donors (Lipinski definition) is 0. The zero-order valence-electron chi connectivity index (χ0n) is 39.7. The van der Waals surface area contributed by atoms with Crippen molar-refractivity contribution in [3.63, 3.8) is 0 Å². The van der Waals surface area contributed by atoms with E-state index in [1.807, 2.05) is 0 Å². The predicted octanol–water partition coefficient (Wildman–Crippen LogP) is 16.5. The minimum Gasteiger partial charge on any atom is -0.462 e. The van der Waals surface area contributed by atoms with E-state index >= 15 is 0 Å². The average Bonchev–Trinajstić information content (AvgIpc) is 3.21. The van der Waals surface area contributed by atoms with Crippen LogP contribution in [0, 0.1) is 11.8 Å². The SMILES string of the molecule is CCCCCCCCCC(=O)O[C@H](COC(=O)CCCCCCCCCCCCCCCCCCCCC(C)C)COC(=O)CCCCCCCCCCC(C)CC. The van der Waals surface area contributed by atoms with Crippen LogP contribution < -0.4 is 0 Å². The van der Waals surface area contributed by atoms with Crippen molar-refractivity contribution in [2.75, 3.05) is 13.2 Å². The first-order chi connectivity index (χ1) is 28.3. The highest BCUT2D eigenvalue weighted by Gasteiger charge is 2.19. The molecular formula is C52H100O6. The third-order valence-corrected chi connectivity index (χ3v) is 12.1. The molecule has 0 aliphatic heterocycles. The molecule has 0 amide bonds. The van der Waals surface area contributed by atoms with Crippen LogP contribution in [0.15, 0.2) is 0 Å². The Bertz CT molecular complexity index is 887. The summed E-state index contributed by atoms with van der Waals surface area (Å²) in [5.74, 6) is 0.849. The fraction of sp³-hybridized carbons (Fsp3) is 0.942. The predicted molar refractivity (Wildman–Crippen MR) is 247 cm³/mol. The zero-order valence-corrected chi connectivity index (χ0v) is 39.7.